The van der Waals surface area contributed by atoms with Crippen molar-refractivity contribution in [2.75, 3.05) is 13.1 Å². The number of nitrogens with two attached hydrogens (primary N) is 1. The van der Waals surface area contributed by atoms with Crippen LogP contribution in [0, 0.1) is 0 Å². The van der Waals surface area contributed by atoms with Crippen LogP contribution >= 0.6 is 0 Å². The Bertz CT molecular complexity index is 411. The van der Waals surface area contributed by atoms with Crippen LogP contribution in [-0.4, -0.2) is 59.0 Å². The summed E-state index contributed by atoms with van der Waals surface area (Å²) < 4.78 is 0. The number of rotatable bonds is 4. The average Bonchev–Trinajstić information content (AvgIpc) is 2.29. The number of nitrogens with one attached hydrogen (secondary N) is 2. The molecule has 0 radical (unpaired) electrons. The molecule has 9 heteroatoms. The number of carboxylic acids is 1. The molecule has 0 bridgehead atoms. The summed E-state index contributed by atoms with van der Waals surface area (Å²) in [5.41, 5.74) is 4.91. The lowest BCUT2D eigenvalue weighted by molar-refractivity contribution is -0.149. The largest absolute Gasteiger partial charge is 0.481 e. The van der Waals surface area contributed by atoms with Gasteiger partial charge in [0.15, 0.2) is 0 Å². The van der Waals surface area contributed by atoms with E-state index in [2.05, 4.69) is 10.6 Å². The minimum atomic E-state index is -1.18. The first kappa shape index (κ1) is 14.7. The van der Waals surface area contributed by atoms with Crippen molar-refractivity contribution in [3.63, 3.8) is 0 Å². The van der Waals surface area contributed by atoms with Gasteiger partial charge in [0.05, 0.1) is 6.42 Å². The molecule has 1 rings (SSSR count). The Kier molecular flexibility index (Phi) is 4.67. The molecule has 0 aromatic carbocycles. The van der Waals surface area contributed by atoms with Gasteiger partial charge in [-0.2, -0.15) is 0 Å². The van der Waals surface area contributed by atoms with E-state index in [0.29, 0.717) is 0 Å². The van der Waals surface area contributed by atoms with E-state index in [4.69, 9.17) is 10.8 Å². The number of carbonyl (C=O) groups excluding carboxylic acids is 3. The molecule has 2 unspecified atom stereocenters. The molecule has 1 fully saturated rings. The molecule has 0 aliphatic carbocycles. The van der Waals surface area contributed by atoms with Gasteiger partial charge in [0, 0.05) is 13.1 Å². The van der Waals surface area contributed by atoms with Crippen molar-refractivity contribution in [3.8, 4) is 0 Å². The van der Waals surface area contributed by atoms with E-state index < -0.39 is 42.3 Å². The molecule has 9 nitrogen and oxygen atoms in total. The highest BCUT2D eigenvalue weighted by Crippen LogP contribution is 2.11. The van der Waals surface area contributed by atoms with Crippen molar-refractivity contribution < 1.29 is 24.3 Å². The van der Waals surface area contributed by atoms with Gasteiger partial charge >= 0.3 is 12.0 Å². The van der Waals surface area contributed by atoms with Crippen molar-refractivity contribution in [2.24, 2.45) is 5.73 Å². The van der Waals surface area contributed by atoms with E-state index in [9.17, 15) is 19.2 Å². The van der Waals surface area contributed by atoms with Gasteiger partial charge in [-0.15, -0.1) is 0 Å². The van der Waals surface area contributed by atoms with Crippen molar-refractivity contribution in [1.29, 1.82) is 0 Å². The minimum absolute atomic E-state index is 0.188. The number of hydrogen-bond acceptors (Lipinski definition) is 4. The maximum Gasteiger partial charge on any atom is 0.312 e. The molecule has 106 valence electrons. The number of carbonyl (C=O) groups is 4. The van der Waals surface area contributed by atoms with E-state index in [-0.39, 0.29) is 13.1 Å². The van der Waals surface area contributed by atoms with Crippen LogP contribution in [0.1, 0.15) is 13.3 Å². The van der Waals surface area contributed by atoms with Crippen LogP contribution in [0.15, 0.2) is 0 Å². The monoisotopic (exact) mass is 272 g/mol. The molecule has 1 aliphatic rings. The van der Waals surface area contributed by atoms with Crippen LogP contribution in [0.4, 0.5) is 4.79 Å². The Morgan fingerprint density at radius 2 is 2.21 bits per heavy atom. The fourth-order valence-corrected chi connectivity index (χ4v) is 1.87. The zero-order valence-corrected chi connectivity index (χ0v) is 10.4. The Morgan fingerprint density at radius 3 is 2.74 bits per heavy atom. The van der Waals surface area contributed by atoms with Crippen LogP contribution in [0.25, 0.3) is 0 Å². The van der Waals surface area contributed by atoms with Gasteiger partial charge in [0.25, 0.3) is 0 Å². The molecule has 5 N–H and O–H groups in total. The number of piperazine rings is 1. The zero-order valence-electron chi connectivity index (χ0n) is 10.4. The molecular weight excluding hydrogens is 256 g/mol. The predicted molar refractivity (Wildman–Crippen MR) is 62.9 cm³/mol. The van der Waals surface area contributed by atoms with E-state index in [0.717, 1.165) is 4.90 Å². The molecule has 0 aromatic rings. The molecule has 0 spiro atoms. The highest BCUT2D eigenvalue weighted by molar-refractivity contribution is 5.94. The fraction of sp³-hybridized carbons (Fsp3) is 0.600. The standard InChI is InChI=1S/C10H16N4O5/c1-5(13-10(11)19)9(18)14-3-2-12-8(17)6(14)4-7(15)16/h5-6H,2-4H2,1H3,(H,12,17)(H,15,16)(H3,11,13,19). The van der Waals surface area contributed by atoms with Gasteiger partial charge in [-0.1, -0.05) is 0 Å². The van der Waals surface area contributed by atoms with Crippen LogP contribution < -0.4 is 16.4 Å². The van der Waals surface area contributed by atoms with Crippen molar-refractivity contribution in [3.05, 3.63) is 0 Å². The summed E-state index contributed by atoms with van der Waals surface area (Å²) in [5.74, 6) is -2.25. The molecule has 1 heterocycles. The number of primary amides is 1. The number of amides is 4. The molecule has 1 saturated heterocycles. The third kappa shape index (κ3) is 3.83. The van der Waals surface area contributed by atoms with Gasteiger partial charge in [-0.05, 0) is 6.92 Å². The number of nitrogens with zero attached hydrogens (tertiary/aromatic N) is 1. The number of urea groups is 1. The van der Waals surface area contributed by atoms with E-state index >= 15 is 0 Å². The summed E-state index contributed by atoms with van der Waals surface area (Å²) in [6, 6.07) is -2.85. The second-order valence-electron chi connectivity index (χ2n) is 4.17. The summed E-state index contributed by atoms with van der Waals surface area (Å²) in [5, 5.41) is 13.5. The fourth-order valence-electron chi connectivity index (χ4n) is 1.87. The van der Waals surface area contributed by atoms with Crippen LogP contribution in [0.2, 0.25) is 0 Å². The first-order valence-corrected chi connectivity index (χ1v) is 5.69. The molecule has 1 aliphatic heterocycles. The van der Waals surface area contributed by atoms with Crippen molar-refractivity contribution >= 4 is 23.8 Å². The van der Waals surface area contributed by atoms with E-state index in [1.807, 2.05) is 0 Å². The normalized spacial score (nSPS) is 20.4. The lowest BCUT2D eigenvalue weighted by Gasteiger charge is -2.35. The highest BCUT2D eigenvalue weighted by atomic mass is 16.4. The van der Waals surface area contributed by atoms with Crippen LogP contribution in [0.3, 0.4) is 0 Å². The van der Waals surface area contributed by atoms with E-state index in [1.165, 1.54) is 6.92 Å². The van der Waals surface area contributed by atoms with Gasteiger partial charge in [0.1, 0.15) is 12.1 Å². The molecule has 4 amide bonds. The molecule has 0 saturated carbocycles. The SMILES string of the molecule is CC(NC(N)=O)C(=O)N1CCNC(=O)C1CC(=O)O. The summed E-state index contributed by atoms with van der Waals surface area (Å²) in [4.78, 5) is 46.2. The van der Waals surface area contributed by atoms with Crippen LogP contribution in [-0.2, 0) is 14.4 Å². The maximum absolute atomic E-state index is 12.1. The van der Waals surface area contributed by atoms with E-state index in [1.54, 1.807) is 0 Å². The summed E-state index contributed by atoms with van der Waals surface area (Å²) >= 11 is 0. The molecule has 2 atom stereocenters. The number of aliphatic carboxylic acids is 1. The first-order chi connectivity index (χ1) is 8.82. The van der Waals surface area contributed by atoms with Crippen molar-refractivity contribution in [2.45, 2.75) is 25.4 Å². The Balaban J connectivity index is 2.81. The first-order valence-electron chi connectivity index (χ1n) is 5.69. The Hall–Kier alpha value is -2.32. The number of carboxylic acid groups (broad SMARTS) is 1. The van der Waals surface area contributed by atoms with Gasteiger partial charge in [-0.25, -0.2) is 4.79 Å². The minimum Gasteiger partial charge on any atom is -0.481 e. The number of hydrogen-bond donors (Lipinski definition) is 4. The quantitative estimate of drug-likeness (QED) is 0.461. The van der Waals surface area contributed by atoms with Crippen molar-refractivity contribution in [1.82, 2.24) is 15.5 Å². The smallest absolute Gasteiger partial charge is 0.312 e. The third-order valence-corrected chi connectivity index (χ3v) is 2.71. The average molecular weight is 272 g/mol. The maximum atomic E-state index is 12.1. The summed E-state index contributed by atoms with van der Waals surface area (Å²) in [6.07, 6.45) is -0.485. The second kappa shape index (κ2) is 6.03. The predicted octanol–water partition coefficient (Wildman–Crippen LogP) is -2.16. The lowest BCUT2D eigenvalue weighted by Crippen LogP contribution is -2.61. The van der Waals surface area contributed by atoms with Crippen LogP contribution in [0.5, 0.6) is 0 Å². The topological polar surface area (TPSA) is 142 Å². The highest BCUT2D eigenvalue weighted by Gasteiger charge is 2.36. The van der Waals surface area contributed by atoms with Gasteiger partial charge in [0.2, 0.25) is 11.8 Å². The second-order valence-corrected chi connectivity index (χ2v) is 4.17. The Morgan fingerprint density at radius 1 is 1.58 bits per heavy atom. The van der Waals surface area contributed by atoms with Gasteiger partial charge < -0.3 is 26.4 Å². The molecular formula is C10H16N4O5. The lowest BCUT2D eigenvalue weighted by atomic mass is 10.1. The summed E-state index contributed by atoms with van der Waals surface area (Å²) in [7, 11) is 0. The Labute approximate surface area is 109 Å². The molecule has 19 heavy (non-hydrogen) atoms. The third-order valence-electron chi connectivity index (χ3n) is 2.71. The molecule has 0 aromatic heterocycles. The van der Waals surface area contributed by atoms with Gasteiger partial charge in [-0.3, -0.25) is 14.4 Å². The summed E-state index contributed by atoms with van der Waals surface area (Å²) in [6.45, 7) is 1.84. The zero-order chi connectivity index (χ0) is 14.6.